The first-order valence-corrected chi connectivity index (χ1v) is 9.62. The molecule has 9 heteroatoms. The normalized spacial score (nSPS) is 19.4. The van der Waals surface area contributed by atoms with E-state index in [-0.39, 0.29) is 27.3 Å². The highest BCUT2D eigenvalue weighted by Gasteiger charge is 2.41. The molecule has 0 aromatic rings. The third kappa shape index (κ3) is 5.82. The highest BCUT2D eigenvalue weighted by Crippen LogP contribution is 2.81. The largest absolute Gasteiger partial charge is 0.452 e. The molecule has 1 unspecified atom stereocenters. The molecule has 0 aliphatic heterocycles. The van der Waals surface area contributed by atoms with Crippen molar-refractivity contribution in [2.45, 2.75) is 18.2 Å². The molecule has 0 aromatic heterocycles. The molecule has 0 nitrogen and oxygen atoms in total. The predicted molar refractivity (Wildman–Crippen MR) is 58.9 cm³/mol. The van der Waals surface area contributed by atoms with Gasteiger partial charge in [0, 0.05) is 16.5 Å². The highest BCUT2D eigenvalue weighted by atomic mass is 33.8. The van der Waals surface area contributed by atoms with Crippen LogP contribution in [0.25, 0.3) is 0 Å². The lowest BCUT2D eigenvalue weighted by atomic mass is 11.0. The lowest BCUT2D eigenvalue weighted by Crippen LogP contribution is -2.04. The molecular formula is C5H9F5S4. The quantitative estimate of drug-likeness (QED) is 0.509. The fourth-order valence-electron chi connectivity index (χ4n) is 0.593. The van der Waals surface area contributed by atoms with Crippen molar-refractivity contribution in [3.63, 3.8) is 0 Å². The average Bonchev–Trinajstić information content (AvgIpc) is 1.99. The monoisotopic (exact) mass is 292 g/mol. The van der Waals surface area contributed by atoms with Crippen LogP contribution in [-0.2, 0) is 0 Å². The van der Waals surface area contributed by atoms with E-state index in [0.29, 0.717) is 0 Å². The van der Waals surface area contributed by atoms with Gasteiger partial charge in [0.15, 0.2) is 0 Å². The SMILES string of the molecule is CCS(SC)(SC(F)F)SC(F)(F)F. The zero-order valence-corrected chi connectivity index (χ0v) is 10.6. The van der Waals surface area contributed by atoms with Crippen molar-refractivity contribution in [2.75, 3.05) is 12.0 Å². The summed E-state index contributed by atoms with van der Waals surface area (Å²) in [4.78, 5) is 0. The van der Waals surface area contributed by atoms with E-state index in [1.54, 1.807) is 0 Å². The average molecular weight is 292 g/mol. The first-order chi connectivity index (χ1) is 6.24. The molecule has 1 atom stereocenters. The van der Waals surface area contributed by atoms with E-state index < -0.39 is 18.4 Å². The van der Waals surface area contributed by atoms with Gasteiger partial charge in [0.25, 0.3) is 5.76 Å². The van der Waals surface area contributed by atoms with Gasteiger partial charge in [-0.05, 0) is 17.0 Å². The Morgan fingerprint density at radius 2 is 1.79 bits per heavy atom. The van der Waals surface area contributed by atoms with Crippen LogP contribution in [0.3, 0.4) is 0 Å². The Morgan fingerprint density at radius 1 is 1.29 bits per heavy atom. The summed E-state index contributed by atoms with van der Waals surface area (Å²) >= 11 is 0. The van der Waals surface area contributed by atoms with Crippen LogP contribution in [-0.4, -0.2) is 23.3 Å². The van der Waals surface area contributed by atoms with Crippen LogP contribution < -0.4 is 0 Å². The molecular weight excluding hydrogens is 283 g/mol. The van der Waals surface area contributed by atoms with Crippen molar-refractivity contribution in [3.8, 4) is 0 Å². The molecule has 0 aromatic carbocycles. The smallest absolute Gasteiger partial charge is 0.197 e. The van der Waals surface area contributed by atoms with Gasteiger partial charge < -0.3 is 0 Å². The summed E-state index contributed by atoms with van der Waals surface area (Å²) in [7, 11) is -1.74. The topological polar surface area (TPSA) is 0 Å². The van der Waals surface area contributed by atoms with E-state index in [1.807, 2.05) is 0 Å². The number of hydrogen-bond donors (Lipinski definition) is 0. The Balaban J connectivity index is 4.53. The van der Waals surface area contributed by atoms with Gasteiger partial charge in [0.1, 0.15) is 0 Å². The second-order valence-electron chi connectivity index (χ2n) is 1.90. The van der Waals surface area contributed by atoms with Crippen molar-refractivity contribution in [2.24, 2.45) is 0 Å². The second-order valence-corrected chi connectivity index (χ2v) is 14.2. The molecule has 0 spiro atoms. The Hall–Kier alpha value is 1.05. The van der Waals surface area contributed by atoms with Gasteiger partial charge in [-0.2, -0.15) is 22.0 Å². The summed E-state index contributed by atoms with van der Waals surface area (Å²) in [5.74, 6) is -2.65. The minimum atomic E-state index is -4.45. The van der Waals surface area contributed by atoms with Crippen molar-refractivity contribution in [1.29, 1.82) is 0 Å². The molecule has 0 rings (SSSR count). The maximum atomic E-state index is 12.1. The van der Waals surface area contributed by atoms with Gasteiger partial charge in [-0.1, -0.05) is 24.8 Å². The van der Waals surface area contributed by atoms with Gasteiger partial charge in [0.05, 0.1) is 0 Å². The van der Waals surface area contributed by atoms with Gasteiger partial charge in [-0.25, -0.2) is 0 Å². The molecule has 0 heterocycles. The molecule has 0 amide bonds. The first-order valence-electron chi connectivity index (χ1n) is 3.35. The maximum Gasteiger partial charge on any atom is 0.452 e. The number of hydrogen-bond acceptors (Lipinski definition) is 3. The molecule has 0 saturated carbocycles. The summed E-state index contributed by atoms with van der Waals surface area (Å²) < 4.78 is 60.4. The van der Waals surface area contributed by atoms with Crippen molar-refractivity contribution < 1.29 is 22.0 Å². The van der Waals surface area contributed by atoms with Gasteiger partial charge >= 0.3 is 5.51 Å². The van der Waals surface area contributed by atoms with Crippen LogP contribution in [0.2, 0.25) is 0 Å². The summed E-state index contributed by atoms with van der Waals surface area (Å²) in [6, 6.07) is 0. The van der Waals surface area contributed by atoms with Crippen LogP contribution in [0.15, 0.2) is 0 Å². The van der Waals surface area contributed by atoms with Crippen LogP contribution in [0.4, 0.5) is 22.0 Å². The zero-order chi connectivity index (χ0) is 11.4. The lowest BCUT2D eigenvalue weighted by molar-refractivity contribution is -0.0311. The van der Waals surface area contributed by atoms with Crippen LogP contribution in [0.5, 0.6) is 0 Å². The number of halogens is 5. The lowest BCUT2D eigenvalue weighted by Gasteiger charge is -2.34. The van der Waals surface area contributed by atoms with Crippen molar-refractivity contribution in [1.82, 2.24) is 0 Å². The first kappa shape index (κ1) is 15.0. The van der Waals surface area contributed by atoms with Crippen molar-refractivity contribution >= 4 is 39.5 Å². The Bertz CT molecular complexity index is 166. The number of rotatable bonds is 5. The molecule has 0 saturated heterocycles. The van der Waals surface area contributed by atoms with Gasteiger partial charge in [-0.15, -0.1) is 0 Å². The highest BCUT2D eigenvalue weighted by molar-refractivity contribution is 9.48. The third-order valence-corrected chi connectivity index (χ3v) is 14.5. The molecule has 0 fully saturated rings. The minimum absolute atomic E-state index is 0.105. The van der Waals surface area contributed by atoms with Crippen LogP contribution in [0, 0.1) is 0 Å². The van der Waals surface area contributed by atoms with E-state index in [2.05, 4.69) is 0 Å². The minimum Gasteiger partial charge on any atom is -0.197 e. The van der Waals surface area contributed by atoms with Crippen LogP contribution >= 0.6 is 39.5 Å². The molecule has 0 aliphatic rings. The molecule has 0 bridgehead atoms. The van der Waals surface area contributed by atoms with Crippen molar-refractivity contribution in [3.05, 3.63) is 0 Å². The van der Waals surface area contributed by atoms with E-state index in [4.69, 9.17) is 0 Å². The zero-order valence-electron chi connectivity index (χ0n) is 7.31. The fourth-order valence-corrected chi connectivity index (χ4v) is 9.46. The van der Waals surface area contributed by atoms with E-state index in [9.17, 15) is 22.0 Å². The Kier molecular flexibility index (Phi) is 6.40. The summed E-state index contributed by atoms with van der Waals surface area (Å²) in [6.45, 7) is 1.50. The molecule has 0 N–H and O–H groups in total. The predicted octanol–water partition coefficient (Wildman–Crippen LogP) is 5.13. The maximum absolute atomic E-state index is 12.1. The summed E-state index contributed by atoms with van der Waals surface area (Å²) in [6.07, 6.45) is 1.44. The Morgan fingerprint density at radius 3 is 2.00 bits per heavy atom. The molecule has 14 heavy (non-hydrogen) atoms. The van der Waals surface area contributed by atoms with Gasteiger partial charge in [0.2, 0.25) is 0 Å². The van der Waals surface area contributed by atoms with E-state index >= 15 is 0 Å². The van der Waals surface area contributed by atoms with E-state index in [1.165, 1.54) is 13.2 Å². The summed E-state index contributed by atoms with van der Waals surface area (Å²) in [5, 5.41) is 0. The molecule has 0 aliphatic carbocycles. The molecule has 0 radical (unpaired) electrons. The summed E-state index contributed by atoms with van der Waals surface area (Å²) in [5.41, 5.74) is -4.45. The fraction of sp³-hybridized carbons (Fsp3) is 1.00. The standard InChI is InChI=1S/C5H9F5S4/c1-3-14(11-2,12-4(6)7)13-5(8,9)10/h4H,3H2,1-2H3. The molecule has 88 valence electrons. The van der Waals surface area contributed by atoms with E-state index in [0.717, 1.165) is 10.8 Å². The van der Waals surface area contributed by atoms with Gasteiger partial charge in [-0.3, -0.25) is 0 Å². The Labute approximate surface area is 91.7 Å². The van der Waals surface area contributed by atoms with Crippen LogP contribution in [0.1, 0.15) is 6.92 Å². The second kappa shape index (κ2) is 5.95. The number of alkyl halides is 5. The third-order valence-electron chi connectivity index (χ3n) is 1.05.